The lowest BCUT2D eigenvalue weighted by Crippen LogP contribution is -2.45. The maximum atomic E-state index is 14.4. The summed E-state index contributed by atoms with van der Waals surface area (Å²) in [6.07, 6.45) is -14.0. The molecule has 2 aromatic rings. The van der Waals surface area contributed by atoms with E-state index in [9.17, 15) is 83.8 Å². The van der Waals surface area contributed by atoms with Gasteiger partial charge in [-0.2, -0.15) is 35.1 Å². The smallest absolute Gasteiger partial charge is 0.287 e. The molecule has 2 aromatic carbocycles. The molecular formula is C18F18O. The number of Topliss-reactive ketones (excluding diaryl/α,β-unsaturated/α-hetero) is 1. The third-order valence-corrected chi connectivity index (χ3v) is 4.31. The molecule has 0 aliphatic carbocycles. The maximum Gasteiger partial charge on any atom is 0.461 e. The predicted octanol–water partition coefficient (Wildman–Crippen LogP) is 7.61. The van der Waals surface area contributed by atoms with Crippen molar-refractivity contribution in [1.82, 2.24) is 0 Å². The lowest BCUT2D eigenvalue weighted by atomic mass is 9.87. The highest BCUT2D eigenvalue weighted by molar-refractivity contribution is 6.07. The first-order valence-electron chi connectivity index (χ1n) is 8.36. The Morgan fingerprint density at radius 2 is 0.757 bits per heavy atom. The van der Waals surface area contributed by atoms with Gasteiger partial charge in [0.05, 0.1) is 11.1 Å². The summed E-state index contributed by atoms with van der Waals surface area (Å²) in [5, 5.41) is 0. The minimum absolute atomic E-state index is 3.19. The molecule has 0 N–H and O–H groups in total. The number of allylic oxidation sites excluding steroid dienone is 1. The first-order valence-corrected chi connectivity index (χ1v) is 8.36. The summed E-state index contributed by atoms with van der Waals surface area (Å²) < 4.78 is 243. The van der Waals surface area contributed by atoms with Crippen LogP contribution < -0.4 is 0 Å². The lowest BCUT2D eigenvalue weighted by Gasteiger charge is -2.23. The highest BCUT2D eigenvalue weighted by Gasteiger charge is 2.64. The van der Waals surface area contributed by atoms with Crippen LogP contribution in [0.25, 0.3) is 5.57 Å². The van der Waals surface area contributed by atoms with Gasteiger partial charge in [0.2, 0.25) is 17.4 Å². The average molecular weight is 574 g/mol. The molecule has 37 heavy (non-hydrogen) atoms. The van der Waals surface area contributed by atoms with E-state index < -0.39 is 105 Å². The summed E-state index contributed by atoms with van der Waals surface area (Å²) in [4.78, 5) is 11.7. The topological polar surface area (TPSA) is 17.1 Å². The highest BCUT2D eigenvalue weighted by Crippen LogP contribution is 2.46. The number of benzene rings is 2. The van der Waals surface area contributed by atoms with Crippen LogP contribution in [0.5, 0.6) is 0 Å². The number of rotatable bonds is 4. The van der Waals surface area contributed by atoms with E-state index in [1.807, 2.05) is 0 Å². The monoisotopic (exact) mass is 574 g/mol. The van der Waals surface area contributed by atoms with Gasteiger partial charge in [0.25, 0.3) is 0 Å². The first-order chi connectivity index (χ1) is 16.5. The SMILES string of the molecule is O=C(c1c(F)c(F)c(F)c(F)c1/C(=C(\F)C(F)(F)F)c1c(F)c(F)c(F)c(F)c1F)C(F)(F)C(F)(F)F. The molecular weight excluding hydrogens is 574 g/mol. The fraction of sp³-hybridized carbons (Fsp3) is 0.167. The molecule has 0 radical (unpaired) electrons. The Kier molecular flexibility index (Phi) is 7.38. The summed E-state index contributed by atoms with van der Waals surface area (Å²) in [5.74, 6) is -46.8. The molecule has 0 atom stereocenters. The van der Waals surface area contributed by atoms with Crippen LogP contribution in [0, 0.1) is 52.4 Å². The molecule has 0 bridgehead atoms. The van der Waals surface area contributed by atoms with Gasteiger partial charge in [-0.3, -0.25) is 4.79 Å². The number of hydrogen-bond donors (Lipinski definition) is 0. The van der Waals surface area contributed by atoms with Gasteiger partial charge >= 0.3 is 18.3 Å². The molecule has 1 nitrogen and oxygen atoms in total. The van der Waals surface area contributed by atoms with Crippen LogP contribution >= 0.6 is 0 Å². The number of halogens is 18. The van der Waals surface area contributed by atoms with E-state index in [-0.39, 0.29) is 0 Å². The molecule has 0 heterocycles. The Morgan fingerprint density at radius 3 is 1.08 bits per heavy atom. The molecule has 204 valence electrons. The van der Waals surface area contributed by atoms with Crippen molar-refractivity contribution in [1.29, 1.82) is 0 Å². The number of ketones is 1. The third kappa shape index (κ3) is 4.58. The molecule has 0 aliphatic heterocycles. The number of hydrogen-bond acceptors (Lipinski definition) is 1. The zero-order chi connectivity index (χ0) is 29.2. The van der Waals surface area contributed by atoms with E-state index in [1.54, 1.807) is 0 Å². The second-order valence-electron chi connectivity index (χ2n) is 6.54. The fourth-order valence-corrected chi connectivity index (χ4v) is 2.68. The summed E-state index contributed by atoms with van der Waals surface area (Å²) >= 11 is 0. The van der Waals surface area contributed by atoms with Crippen LogP contribution in [-0.4, -0.2) is 24.1 Å². The summed E-state index contributed by atoms with van der Waals surface area (Å²) in [6.45, 7) is 0. The zero-order valence-corrected chi connectivity index (χ0v) is 16.2. The molecule has 19 heteroatoms. The maximum absolute atomic E-state index is 14.4. The second-order valence-corrected chi connectivity index (χ2v) is 6.54. The van der Waals surface area contributed by atoms with Crippen LogP contribution in [0.4, 0.5) is 79.0 Å². The van der Waals surface area contributed by atoms with Gasteiger partial charge in [0.15, 0.2) is 46.5 Å². The van der Waals surface area contributed by atoms with Gasteiger partial charge < -0.3 is 0 Å². The van der Waals surface area contributed by atoms with Crippen LogP contribution in [0.15, 0.2) is 5.83 Å². The van der Waals surface area contributed by atoms with Crippen molar-refractivity contribution in [3.63, 3.8) is 0 Å². The molecule has 0 aromatic heterocycles. The minimum Gasteiger partial charge on any atom is -0.287 e. The Balaban J connectivity index is 3.36. The minimum atomic E-state index is -7.15. The van der Waals surface area contributed by atoms with E-state index >= 15 is 0 Å². The van der Waals surface area contributed by atoms with Gasteiger partial charge in [-0.25, -0.2) is 43.9 Å². The van der Waals surface area contributed by atoms with Crippen molar-refractivity contribution in [2.24, 2.45) is 0 Å². The largest absolute Gasteiger partial charge is 0.461 e. The molecule has 0 amide bonds. The van der Waals surface area contributed by atoms with Gasteiger partial charge in [-0.15, -0.1) is 0 Å². The van der Waals surface area contributed by atoms with Crippen LogP contribution in [0.1, 0.15) is 21.5 Å². The van der Waals surface area contributed by atoms with Crippen LogP contribution in [0.2, 0.25) is 0 Å². The Labute approximate surface area is 189 Å². The second kappa shape index (κ2) is 9.16. The summed E-state index contributed by atoms with van der Waals surface area (Å²) in [7, 11) is 0. The van der Waals surface area contributed by atoms with Crippen molar-refractivity contribution in [2.75, 3.05) is 0 Å². The Morgan fingerprint density at radius 1 is 0.459 bits per heavy atom. The van der Waals surface area contributed by atoms with Crippen molar-refractivity contribution < 1.29 is 83.8 Å². The Bertz CT molecular complexity index is 1300. The van der Waals surface area contributed by atoms with E-state index in [0.29, 0.717) is 0 Å². The van der Waals surface area contributed by atoms with E-state index in [4.69, 9.17) is 0 Å². The van der Waals surface area contributed by atoms with E-state index in [0.717, 1.165) is 0 Å². The standard InChI is InChI=1S/C18F18O/c19-5-1(4(8(22)12(26)9(5)23)15(37)16(29,30)18(34,35)36)2(14(28)17(31,32)33)3-6(20)10(24)13(27)11(25)7(3)21/b14-2+. The van der Waals surface area contributed by atoms with E-state index in [2.05, 4.69) is 0 Å². The fourth-order valence-electron chi connectivity index (χ4n) is 2.68. The van der Waals surface area contributed by atoms with E-state index in [1.165, 1.54) is 0 Å². The van der Waals surface area contributed by atoms with Gasteiger partial charge in [0, 0.05) is 11.1 Å². The Hall–Kier alpha value is -3.41. The quantitative estimate of drug-likeness (QED) is 0.159. The first kappa shape index (κ1) is 29.8. The van der Waals surface area contributed by atoms with Crippen molar-refractivity contribution >= 4 is 11.4 Å². The number of alkyl halides is 8. The summed E-state index contributed by atoms with van der Waals surface area (Å²) in [6, 6.07) is 0. The van der Waals surface area contributed by atoms with Crippen molar-refractivity contribution in [3.8, 4) is 0 Å². The molecule has 0 saturated heterocycles. The van der Waals surface area contributed by atoms with Gasteiger partial charge in [0.1, 0.15) is 0 Å². The molecule has 0 saturated carbocycles. The molecule has 0 spiro atoms. The number of carbonyl (C=O) groups is 1. The highest BCUT2D eigenvalue weighted by atomic mass is 19.4. The normalized spacial score (nSPS) is 13.7. The van der Waals surface area contributed by atoms with Crippen molar-refractivity contribution in [3.05, 3.63) is 74.9 Å². The third-order valence-electron chi connectivity index (χ3n) is 4.31. The van der Waals surface area contributed by atoms with Gasteiger partial charge in [-0.05, 0) is 0 Å². The van der Waals surface area contributed by atoms with Gasteiger partial charge in [-0.1, -0.05) is 0 Å². The lowest BCUT2D eigenvalue weighted by molar-refractivity contribution is -0.255. The molecule has 0 fully saturated rings. The summed E-state index contributed by atoms with van der Waals surface area (Å²) in [5.41, 5.74) is -14.1. The average Bonchev–Trinajstić information content (AvgIpc) is 2.78. The molecule has 2 rings (SSSR count). The molecule has 0 aliphatic rings. The van der Waals surface area contributed by atoms with Crippen molar-refractivity contribution in [2.45, 2.75) is 18.3 Å². The predicted molar refractivity (Wildman–Crippen MR) is 81.0 cm³/mol. The number of carbonyl (C=O) groups excluding carboxylic acids is 1. The zero-order valence-electron chi connectivity index (χ0n) is 16.2. The van der Waals surface area contributed by atoms with Crippen LogP contribution in [-0.2, 0) is 0 Å². The molecule has 0 unspecified atom stereocenters. The van der Waals surface area contributed by atoms with Crippen LogP contribution in [0.3, 0.4) is 0 Å².